The van der Waals surface area contributed by atoms with Crippen molar-refractivity contribution < 1.29 is 33.4 Å². The van der Waals surface area contributed by atoms with E-state index in [1.165, 1.54) is 14.2 Å². The molecule has 6 aromatic rings. The maximum atomic E-state index is 13.9. The molecule has 2 atom stereocenters. The van der Waals surface area contributed by atoms with Gasteiger partial charge in [-0.3, -0.25) is 9.59 Å². The fraction of sp³-hybridized carbons (Fsp3) is 0.319. The Morgan fingerprint density at radius 1 is 0.726 bits per heavy atom. The van der Waals surface area contributed by atoms with Crippen molar-refractivity contribution in [1.82, 2.24) is 40.4 Å². The first-order valence-corrected chi connectivity index (χ1v) is 20.9. The Labute approximate surface area is 360 Å². The number of H-pyrrole nitrogens is 2. The molecular formula is C47H52N8O7. The standard InChI is InChI=1S/C47H52N8O7/c1-6-20-54(44(56)37(8-3)52-46(58)60-4)26-40-48-24-38(50-40)31-16-18-35-30(22-31)14-19-36-34-17-15-32(23-33(34)28-62-43(35)36)39-25-49-41(51-39)27-55(21-7-2)45(57)42(53-47(59)61-5)29-12-10-9-11-13-29/h9-19,22-25,37,42H,6-8,20-21,26-28H2,1-5H3,(H,48,50)(H,49,51)(H,52,58)(H,53,59)/t37?,42-/m1/s1. The van der Waals surface area contributed by atoms with Crippen molar-refractivity contribution in [3.05, 3.63) is 114 Å². The van der Waals surface area contributed by atoms with Crippen molar-refractivity contribution in [3.63, 3.8) is 0 Å². The van der Waals surface area contributed by atoms with E-state index in [1.54, 1.807) is 34.3 Å². The van der Waals surface area contributed by atoms with Crippen LogP contribution in [0.4, 0.5) is 9.59 Å². The van der Waals surface area contributed by atoms with E-state index in [4.69, 9.17) is 14.2 Å². The lowest BCUT2D eigenvalue weighted by Crippen LogP contribution is -2.48. The number of aromatic amines is 2. The molecule has 1 unspecified atom stereocenters. The first kappa shape index (κ1) is 42.9. The van der Waals surface area contributed by atoms with Gasteiger partial charge in [-0.1, -0.05) is 81.4 Å². The summed E-state index contributed by atoms with van der Waals surface area (Å²) in [6.07, 6.45) is 4.12. The summed E-state index contributed by atoms with van der Waals surface area (Å²) in [5, 5.41) is 7.33. The lowest BCUT2D eigenvalue weighted by molar-refractivity contribution is -0.135. The fourth-order valence-corrected chi connectivity index (χ4v) is 7.80. The number of imidazole rings is 2. The second-order valence-electron chi connectivity index (χ2n) is 15.1. The van der Waals surface area contributed by atoms with Crippen LogP contribution >= 0.6 is 0 Å². The quantitative estimate of drug-likeness (QED) is 0.0753. The highest BCUT2D eigenvalue weighted by molar-refractivity contribution is 5.98. The predicted molar refractivity (Wildman–Crippen MR) is 235 cm³/mol. The zero-order chi connectivity index (χ0) is 43.8. The largest absolute Gasteiger partial charge is 0.488 e. The van der Waals surface area contributed by atoms with Crippen LogP contribution in [0.1, 0.15) is 68.9 Å². The second-order valence-corrected chi connectivity index (χ2v) is 15.1. The molecule has 0 fully saturated rings. The maximum Gasteiger partial charge on any atom is 0.407 e. The highest BCUT2D eigenvalue weighted by atomic mass is 16.5. The van der Waals surface area contributed by atoms with E-state index >= 15 is 0 Å². The van der Waals surface area contributed by atoms with Crippen LogP contribution in [0.3, 0.4) is 0 Å². The van der Waals surface area contributed by atoms with Crippen LogP contribution in [0.25, 0.3) is 44.4 Å². The van der Waals surface area contributed by atoms with E-state index in [1.807, 2.05) is 45.0 Å². The molecule has 1 aliphatic rings. The van der Waals surface area contributed by atoms with Gasteiger partial charge in [-0.25, -0.2) is 19.6 Å². The van der Waals surface area contributed by atoms with Crippen molar-refractivity contribution in [3.8, 4) is 39.4 Å². The molecule has 0 saturated carbocycles. The van der Waals surface area contributed by atoms with Crippen molar-refractivity contribution in [2.75, 3.05) is 27.3 Å². The summed E-state index contributed by atoms with van der Waals surface area (Å²) < 4.78 is 16.0. The lowest BCUT2D eigenvalue weighted by atomic mass is 9.92. The Kier molecular flexibility index (Phi) is 13.5. The van der Waals surface area contributed by atoms with E-state index in [9.17, 15) is 19.2 Å². The monoisotopic (exact) mass is 840 g/mol. The highest BCUT2D eigenvalue weighted by Gasteiger charge is 2.29. The van der Waals surface area contributed by atoms with Gasteiger partial charge in [0, 0.05) is 29.6 Å². The van der Waals surface area contributed by atoms with Gasteiger partial charge in [0.2, 0.25) is 11.8 Å². The highest BCUT2D eigenvalue weighted by Crippen LogP contribution is 2.44. The number of methoxy groups -OCH3 is 2. The molecule has 7 rings (SSSR count). The first-order valence-electron chi connectivity index (χ1n) is 20.9. The third kappa shape index (κ3) is 9.41. The number of aromatic nitrogens is 4. The summed E-state index contributed by atoms with van der Waals surface area (Å²) in [4.78, 5) is 70.7. The van der Waals surface area contributed by atoms with E-state index in [2.05, 4.69) is 73.0 Å². The number of hydrogen-bond donors (Lipinski definition) is 4. The third-order valence-electron chi connectivity index (χ3n) is 10.9. The number of amides is 4. The van der Waals surface area contributed by atoms with Crippen molar-refractivity contribution in [2.45, 2.75) is 71.8 Å². The minimum atomic E-state index is -0.914. The fourth-order valence-electron chi connectivity index (χ4n) is 7.80. The van der Waals surface area contributed by atoms with Crippen LogP contribution in [0.15, 0.2) is 91.3 Å². The third-order valence-corrected chi connectivity index (χ3v) is 10.9. The molecule has 15 nitrogen and oxygen atoms in total. The molecule has 0 bridgehead atoms. The smallest absolute Gasteiger partial charge is 0.407 e. The normalized spacial score (nSPS) is 12.6. The van der Waals surface area contributed by atoms with Gasteiger partial charge in [0.15, 0.2) is 0 Å². The molecule has 0 radical (unpaired) electrons. The number of hydrogen-bond acceptors (Lipinski definition) is 9. The summed E-state index contributed by atoms with van der Waals surface area (Å²) in [6.45, 7) is 7.71. The van der Waals surface area contributed by atoms with Gasteiger partial charge in [0.05, 0.1) is 51.1 Å². The predicted octanol–water partition coefficient (Wildman–Crippen LogP) is 7.89. The SMILES string of the molecule is CCCN(Cc1ncc(-c2ccc3c4c(ccc3c2)-c2ccc(-c3cnc(CN(CCC)C(=O)[C@H](NC(=O)OC)c5ccccc5)[nH]3)cc2CO4)[nH]1)C(=O)C(CC)NC(=O)OC. The van der Waals surface area contributed by atoms with Gasteiger partial charge in [-0.2, -0.15) is 0 Å². The number of fused-ring (bicyclic) bond motifs is 5. The van der Waals surface area contributed by atoms with Gasteiger partial charge in [0.25, 0.3) is 0 Å². The van der Waals surface area contributed by atoms with Gasteiger partial charge >= 0.3 is 12.2 Å². The number of carbonyl (C=O) groups is 4. The van der Waals surface area contributed by atoms with Crippen LogP contribution < -0.4 is 15.4 Å². The lowest BCUT2D eigenvalue weighted by Gasteiger charge is -2.27. The Morgan fingerprint density at radius 3 is 1.95 bits per heavy atom. The molecule has 15 heteroatoms. The van der Waals surface area contributed by atoms with E-state index in [0.29, 0.717) is 43.3 Å². The summed E-state index contributed by atoms with van der Waals surface area (Å²) in [5.74, 6) is 1.63. The summed E-state index contributed by atoms with van der Waals surface area (Å²) in [5.41, 5.74) is 7.29. The number of nitrogens with one attached hydrogen (secondary N) is 4. The molecule has 0 saturated heterocycles. The van der Waals surface area contributed by atoms with Crippen molar-refractivity contribution in [1.29, 1.82) is 0 Å². The number of alkyl carbamates (subject to hydrolysis) is 2. The topological polar surface area (TPSA) is 184 Å². The average Bonchev–Trinajstić information content (AvgIpc) is 3.99. The molecule has 4 N–H and O–H groups in total. The Bertz CT molecular complexity index is 2550. The van der Waals surface area contributed by atoms with Gasteiger partial charge in [-0.05, 0) is 65.1 Å². The molecule has 2 aromatic heterocycles. The Balaban J connectivity index is 1.06. The second kappa shape index (κ2) is 19.5. The average molecular weight is 841 g/mol. The number of carbonyl (C=O) groups excluding carboxylic acids is 4. The molecule has 0 spiro atoms. The molecular weight excluding hydrogens is 789 g/mol. The van der Waals surface area contributed by atoms with E-state index in [-0.39, 0.29) is 24.9 Å². The maximum absolute atomic E-state index is 13.9. The summed E-state index contributed by atoms with van der Waals surface area (Å²) in [6, 6.07) is 24.1. The Hall–Kier alpha value is -7.16. The molecule has 322 valence electrons. The van der Waals surface area contributed by atoms with Crippen LogP contribution in [0.2, 0.25) is 0 Å². The number of nitrogens with zero attached hydrogens (tertiary/aromatic N) is 4. The molecule has 62 heavy (non-hydrogen) atoms. The minimum Gasteiger partial charge on any atom is -0.488 e. The molecule has 3 heterocycles. The van der Waals surface area contributed by atoms with Crippen molar-refractivity contribution in [2.24, 2.45) is 0 Å². The van der Waals surface area contributed by atoms with E-state index in [0.717, 1.165) is 68.6 Å². The summed E-state index contributed by atoms with van der Waals surface area (Å²) >= 11 is 0. The van der Waals surface area contributed by atoms with E-state index < -0.39 is 24.3 Å². The zero-order valence-corrected chi connectivity index (χ0v) is 35.6. The number of ether oxygens (including phenoxy) is 3. The Morgan fingerprint density at radius 2 is 1.32 bits per heavy atom. The van der Waals surface area contributed by atoms with Crippen LogP contribution in [-0.4, -0.2) is 87.1 Å². The molecule has 4 aromatic carbocycles. The molecule has 4 amide bonds. The zero-order valence-electron chi connectivity index (χ0n) is 35.6. The minimum absolute atomic E-state index is 0.188. The van der Waals surface area contributed by atoms with Crippen LogP contribution in [0, 0.1) is 0 Å². The first-order chi connectivity index (χ1) is 30.1. The molecule has 0 aliphatic carbocycles. The van der Waals surface area contributed by atoms with Crippen LogP contribution in [-0.2, 0) is 38.8 Å². The number of rotatable bonds is 16. The van der Waals surface area contributed by atoms with Crippen molar-refractivity contribution >= 4 is 34.8 Å². The van der Waals surface area contributed by atoms with Gasteiger partial charge in [0.1, 0.15) is 36.1 Å². The molecule has 1 aliphatic heterocycles. The summed E-state index contributed by atoms with van der Waals surface area (Å²) in [7, 11) is 2.55. The number of benzene rings is 4. The van der Waals surface area contributed by atoms with Gasteiger partial charge in [-0.15, -0.1) is 0 Å². The van der Waals surface area contributed by atoms with Crippen LogP contribution in [0.5, 0.6) is 5.75 Å². The van der Waals surface area contributed by atoms with Gasteiger partial charge < -0.3 is 44.6 Å².